The van der Waals surface area contributed by atoms with Gasteiger partial charge in [0.25, 0.3) is 0 Å². The zero-order valence-electron chi connectivity index (χ0n) is 8.19. The van der Waals surface area contributed by atoms with Crippen LogP contribution in [0.1, 0.15) is 23.8 Å². The van der Waals surface area contributed by atoms with Crippen molar-refractivity contribution in [2.75, 3.05) is 6.54 Å². The third kappa shape index (κ3) is 1.67. The van der Waals surface area contributed by atoms with Crippen molar-refractivity contribution in [3.05, 3.63) is 20.8 Å². The number of guanidine groups is 1. The van der Waals surface area contributed by atoms with Gasteiger partial charge in [0, 0.05) is 20.8 Å². The number of aliphatic imine (C=N–C) groups is 1. The van der Waals surface area contributed by atoms with E-state index in [9.17, 15) is 0 Å². The van der Waals surface area contributed by atoms with E-state index in [0.29, 0.717) is 12.1 Å². The summed E-state index contributed by atoms with van der Waals surface area (Å²) in [6.45, 7) is 0.815. The molecule has 1 fully saturated rings. The summed E-state index contributed by atoms with van der Waals surface area (Å²) in [5.41, 5.74) is 5.92. The summed E-state index contributed by atoms with van der Waals surface area (Å²) in [5.74, 6) is 0.729. The van der Waals surface area contributed by atoms with Gasteiger partial charge in [0.2, 0.25) is 0 Å². The van der Waals surface area contributed by atoms with Crippen LogP contribution in [0.25, 0.3) is 0 Å². The van der Waals surface area contributed by atoms with E-state index in [1.807, 2.05) is 0 Å². The zero-order valence-corrected chi connectivity index (χ0v) is 10.6. The molecule has 1 unspecified atom stereocenters. The molecule has 80 valence electrons. The van der Waals surface area contributed by atoms with E-state index in [2.05, 4.69) is 37.3 Å². The summed E-state index contributed by atoms with van der Waals surface area (Å²) in [4.78, 5) is 8.01. The molecule has 0 spiro atoms. The minimum Gasteiger partial charge on any atom is -0.370 e. The molecule has 5 heteroatoms. The van der Waals surface area contributed by atoms with Gasteiger partial charge in [0.05, 0.1) is 12.6 Å². The van der Waals surface area contributed by atoms with Gasteiger partial charge in [-0.3, -0.25) is 4.99 Å². The second-order valence-corrected chi connectivity index (χ2v) is 5.88. The number of nitrogens with two attached hydrogens (primary N) is 1. The molecule has 1 aliphatic carbocycles. The normalized spacial score (nSPS) is 25.8. The maximum Gasteiger partial charge on any atom is 0.192 e. The average molecular weight is 286 g/mol. The molecule has 1 aromatic rings. The summed E-state index contributed by atoms with van der Waals surface area (Å²) < 4.78 is 1.16. The minimum absolute atomic E-state index is 0.383. The predicted octanol–water partition coefficient (Wildman–Crippen LogP) is 2.34. The first kappa shape index (κ1) is 9.66. The molecular weight excluding hydrogens is 274 g/mol. The third-order valence-electron chi connectivity index (χ3n) is 2.88. The van der Waals surface area contributed by atoms with Crippen molar-refractivity contribution >= 4 is 33.2 Å². The molecule has 3 rings (SSSR count). The van der Waals surface area contributed by atoms with Gasteiger partial charge >= 0.3 is 0 Å². The van der Waals surface area contributed by atoms with Gasteiger partial charge in [-0.15, -0.1) is 11.3 Å². The Morgan fingerprint density at radius 2 is 2.33 bits per heavy atom. The number of nitrogens with zero attached hydrogens (tertiary/aromatic N) is 2. The van der Waals surface area contributed by atoms with E-state index in [1.165, 1.54) is 17.7 Å². The highest BCUT2D eigenvalue weighted by atomic mass is 79.9. The van der Waals surface area contributed by atoms with Crippen molar-refractivity contribution in [1.29, 1.82) is 0 Å². The lowest BCUT2D eigenvalue weighted by molar-refractivity contribution is 0.342. The molecule has 15 heavy (non-hydrogen) atoms. The minimum atomic E-state index is 0.383. The van der Waals surface area contributed by atoms with Gasteiger partial charge in [-0.25, -0.2) is 0 Å². The first-order chi connectivity index (χ1) is 7.25. The maximum atomic E-state index is 5.92. The number of halogens is 1. The Morgan fingerprint density at radius 1 is 1.53 bits per heavy atom. The van der Waals surface area contributed by atoms with Crippen molar-refractivity contribution in [3.8, 4) is 0 Å². The topological polar surface area (TPSA) is 41.6 Å². The van der Waals surface area contributed by atoms with E-state index in [1.54, 1.807) is 11.3 Å². The summed E-state index contributed by atoms with van der Waals surface area (Å²) in [6, 6.07) is 3.20. The van der Waals surface area contributed by atoms with E-state index >= 15 is 0 Å². The highest BCUT2D eigenvalue weighted by Crippen LogP contribution is 2.39. The SMILES string of the molecule is NC1=NCC(c2cc(Br)cs2)N1C1CC1. The van der Waals surface area contributed by atoms with Crippen molar-refractivity contribution in [1.82, 2.24) is 4.90 Å². The number of hydrogen-bond acceptors (Lipinski definition) is 4. The van der Waals surface area contributed by atoms with Crippen LogP contribution in [0.3, 0.4) is 0 Å². The van der Waals surface area contributed by atoms with Crippen LogP contribution in [0.5, 0.6) is 0 Å². The molecule has 2 N–H and O–H groups in total. The van der Waals surface area contributed by atoms with E-state index < -0.39 is 0 Å². The standard InChI is InChI=1S/C10H12BrN3S/c11-6-3-9(15-5-6)8-4-13-10(12)14(8)7-1-2-7/h3,5,7-8H,1-2,4H2,(H2,12,13). The van der Waals surface area contributed by atoms with Crippen LogP contribution in [0, 0.1) is 0 Å². The van der Waals surface area contributed by atoms with Crippen molar-refractivity contribution < 1.29 is 0 Å². The maximum absolute atomic E-state index is 5.92. The van der Waals surface area contributed by atoms with Crippen molar-refractivity contribution in [3.63, 3.8) is 0 Å². The van der Waals surface area contributed by atoms with Crippen molar-refractivity contribution in [2.45, 2.75) is 24.9 Å². The first-order valence-electron chi connectivity index (χ1n) is 5.08. The fourth-order valence-corrected chi connectivity index (χ4v) is 3.57. The Bertz CT molecular complexity index is 411. The second kappa shape index (κ2) is 3.49. The number of hydrogen-bond donors (Lipinski definition) is 1. The fraction of sp³-hybridized carbons (Fsp3) is 0.500. The Hall–Kier alpha value is -0.550. The van der Waals surface area contributed by atoms with Crippen molar-refractivity contribution in [2.24, 2.45) is 10.7 Å². The third-order valence-corrected chi connectivity index (χ3v) is 4.68. The molecule has 2 heterocycles. The van der Waals surface area contributed by atoms with Crippen LogP contribution in [0.2, 0.25) is 0 Å². The zero-order chi connectivity index (χ0) is 10.4. The molecule has 0 amide bonds. The largest absolute Gasteiger partial charge is 0.370 e. The molecule has 0 radical (unpaired) electrons. The smallest absolute Gasteiger partial charge is 0.192 e. The molecule has 1 atom stereocenters. The Labute approximate surface area is 101 Å². The Balaban J connectivity index is 1.87. The lowest BCUT2D eigenvalue weighted by atomic mass is 10.2. The average Bonchev–Trinajstić information content (AvgIpc) is 2.84. The van der Waals surface area contributed by atoms with Gasteiger partial charge < -0.3 is 10.6 Å². The van der Waals surface area contributed by atoms with E-state index in [-0.39, 0.29) is 0 Å². The monoisotopic (exact) mass is 285 g/mol. The van der Waals surface area contributed by atoms with Gasteiger partial charge in [0.15, 0.2) is 5.96 Å². The van der Waals surface area contributed by atoms with Crippen LogP contribution >= 0.6 is 27.3 Å². The molecule has 3 nitrogen and oxygen atoms in total. The lowest BCUT2D eigenvalue weighted by Gasteiger charge is -2.25. The quantitative estimate of drug-likeness (QED) is 0.906. The molecule has 0 aromatic carbocycles. The highest BCUT2D eigenvalue weighted by Gasteiger charge is 2.39. The fourth-order valence-electron chi connectivity index (χ4n) is 2.03. The molecular formula is C10H12BrN3S. The summed E-state index contributed by atoms with van der Waals surface area (Å²) in [6.07, 6.45) is 2.53. The highest BCUT2D eigenvalue weighted by molar-refractivity contribution is 9.10. The molecule has 0 bridgehead atoms. The second-order valence-electron chi connectivity index (χ2n) is 4.02. The molecule has 1 aliphatic heterocycles. The van der Waals surface area contributed by atoms with Crippen LogP contribution in [-0.2, 0) is 0 Å². The van der Waals surface area contributed by atoms with Gasteiger partial charge in [-0.05, 0) is 34.8 Å². The summed E-state index contributed by atoms with van der Waals surface area (Å²) >= 11 is 5.27. The molecule has 1 saturated carbocycles. The molecule has 0 saturated heterocycles. The number of thiophene rings is 1. The first-order valence-corrected chi connectivity index (χ1v) is 6.75. The van der Waals surface area contributed by atoms with E-state index in [0.717, 1.165) is 17.0 Å². The molecule has 2 aliphatic rings. The van der Waals surface area contributed by atoms with Crippen LogP contribution in [-0.4, -0.2) is 23.4 Å². The predicted molar refractivity (Wildman–Crippen MR) is 66.1 cm³/mol. The Kier molecular flexibility index (Phi) is 2.25. The van der Waals surface area contributed by atoms with Gasteiger partial charge in [-0.1, -0.05) is 0 Å². The van der Waals surface area contributed by atoms with Crippen LogP contribution in [0.15, 0.2) is 20.9 Å². The lowest BCUT2D eigenvalue weighted by Crippen LogP contribution is -2.37. The Morgan fingerprint density at radius 3 is 2.93 bits per heavy atom. The summed E-state index contributed by atoms with van der Waals surface area (Å²) in [5, 5.41) is 2.12. The summed E-state index contributed by atoms with van der Waals surface area (Å²) in [7, 11) is 0. The van der Waals surface area contributed by atoms with Crippen LogP contribution < -0.4 is 5.73 Å². The molecule has 1 aromatic heterocycles. The van der Waals surface area contributed by atoms with Gasteiger partial charge in [0.1, 0.15) is 0 Å². The van der Waals surface area contributed by atoms with E-state index in [4.69, 9.17) is 5.73 Å². The van der Waals surface area contributed by atoms with Gasteiger partial charge in [-0.2, -0.15) is 0 Å². The van der Waals surface area contributed by atoms with Crippen LogP contribution in [0.4, 0.5) is 0 Å². The number of rotatable bonds is 2.